The molecule has 98 valence electrons. The van der Waals surface area contributed by atoms with Crippen molar-refractivity contribution < 1.29 is 4.42 Å². The van der Waals surface area contributed by atoms with Crippen molar-refractivity contribution in [1.82, 2.24) is 24.4 Å². The standard InChI is InChI=1S/C13H8IN5O/c14-12-1-3-18-13(17-12)11(6-16-18)19-7-10(5-15-19)9-2-4-20-8-9/h1-8H. The minimum absolute atomic E-state index is 0.777. The molecular weight excluding hydrogens is 369 g/mol. The van der Waals surface area contributed by atoms with Crippen molar-refractivity contribution >= 4 is 28.2 Å². The van der Waals surface area contributed by atoms with Gasteiger partial charge in [0, 0.05) is 23.5 Å². The Labute approximate surface area is 127 Å². The molecule has 4 aromatic rings. The molecule has 4 aromatic heterocycles. The molecular formula is C13H8IN5O. The molecule has 0 fully saturated rings. The SMILES string of the molecule is Ic1ccn2ncc(-n3cc(-c4ccoc4)cn3)c2n1. The maximum atomic E-state index is 5.09. The van der Waals surface area contributed by atoms with Crippen molar-refractivity contribution in [3.05, 3.63) is 53.1 Å². The van der Waals surface area contributed by atoms with Gasteiger partial charge in [-0.3, -0.25) is 0 Å². The van der Waals surface area contributed by atoms with Crippen LogP contribution in [0.1, 0.15) is 0 Å². The Hall–Kier alpha value is -2.16. The average Bonchev–Trinajstić information content (AvgIpc) is 3.17. The van der Waals surface area contributed by atoms with Gasteiger partial charge in [-0.2, -0.15) is 10.2 Å². The Bertz CT molecular complexity index is 877. The molecule has 0 saturated carbocycles. The van der Waals surface area contributed by atoms with E-state index in [-0.39, 0.29) is 0 Å². The normalized spacial score (nSPS) is 11.2. The summed E-state index contributed by atoms with van der Waals surface area (Å²) in [6.45, 7) is 0. The lowest BCUT2D eigenvalue weighted by Gasteiger charge is -1.98. The van der Waals surface area contributed by atoms with Crippen molar-refractivity contribution in [1.29, 1.82) is 0 Å². The summed E-state index contributed by atoms with van der Waals surface area (Å²) in [6, 6.07) is 3.81. The lowest BCUT2D eigenvalue weighted by Crippen LogP contribution is -1.96. The van der Waals surface area contributed by atoms with Crippen molar-refractivity contribution in [2.75, 3.05) is 0 Å². The number of fused-ring (bicyclic) bond motifs is 1. The van der Waals surface area contributed by atoms with Crippen LogP contribution in [0.3, 0.4) is 0 Å². The third kappa shape index (κ3) is 1.82. The van der Waals surface area contributed by atoms with Crippen LogP contribution in [0.4, 0.5) is 0 Å². The summed E-state index contributed by atoms with van der Waals surface area (Å²) in [5, 5.41) is 8.65. The highest BCUT2D eigenvalue weighted by Crippen LogP contribution is 2.21. The molecule has 6 nitrogen and oxygen atoms in total. The van der Waals surface area contributed by atoms with E-state index in [1.54, 1.807) is 34.1 Å². The molecule has 20 heavy (non-hydrogen) atoms. The molecule has 4 heterocycles. The zero-order valence-corrected chi connectivity index (χ0v) is 12.3. The number of halogens is 1. The van der Waals surface area contributed by atoms with Crippen LogP contribution in [0.2, 0.25) is 0 Å². The van der Waals surface area contributed by atoms with Crippen molar-refractivity contribution in [3.63, 3.8) is 0 Å². The summed E-state index contributed by atoms with van der Waals surface area (Å²) in [6.07, 6.45) is 10.7. The fourth-order valence-electron chi connectivity index (χ4n) is 2.03. The van der Waals surface area contributed by atoms with Gasteiger partial charge in [0.2, 0.25) is 0 Å². The van der Waals surface area contributed by atoms with Gasteiger partial charge in [0.1, 0.15) is 9.39 Å². The first-order chi connectivity index (χ1) is 9.81. The van der Waals surface area contributed by atoms with Crippen LogP contribution < -0.4 is 0 Å². The Morgan fingerprint density at radius 3 is 2.90 bits per heavy atom. The van der Waals surface area contributed by atoms with Gasteiger partial charge in [-0.1, -0.05) is 0 Å². The quantitative estimate of drug-likeness (QED) is 0.398. The van der Waals surface area contributed by atoms with E-state index in [1.165, 1.54) is 0 Å². The third-order valence-electron chi connectivity index (χ3n) is 3.00. The molecule has 7 heteroatoms. The highest BCUT2D eigenvalue weighted by Gasteiger charge is 2.10. The first-order valence-electron chi connectivity index (χ1n) is 5.89. The lowest BCUT2D eigenvalue weighted by atomic mass is 10.2. The Kier molecular flexibility index (Phi) is 2.59. The van der Waals surface area contributed by atoms with E-state index in [2.05, 4.69) is 37.8 Å². The summed E-state index contributed by atoms with van der Waals surface area (Å²) in [7, 11) is 0. The zero-order valence-electron chi connectivity index (χ0n) is 10.1. The molecule has 0 saturated heterocycles. The van der Waals surface area contributed by atoms with E-state index in [9.17, 15) is 0 Å². The predicted octanol–water partition coefficient (Wildman–Crippen LogP) is 2.78. The largest absolute Gasteiger partial charge is 0.472 e. The van der Waals surface area contributed by atoms with E-state index >= 15 is 0 Å². The molecule has 4 rings (SSSR count). The third-order valence-corrected chi connectivity index (χ3v) is 3.60. The van der Waals surface area contributed by atoms with E-state index in [1.807, 2.05) is 24.5 Å². The van der Waals surface area contributed by atoms with Gasteiger partial charge in [-0.05, 0) is 34.7 Å². The number of rotatable bonds is 2. The summed E-state index contributed by atoms with van der Waals surface area (Å²) in [5.74, 6) is 0. The molecule has 0 amide bonds. The zero-order chi connectivity index (χ0) is 13.5. The number of hydrogen-bond acceptors (Lipinski definition) is 4. The minimum atomic E-state index is 0.777. The van der Waals surface area contributed by atoms with Crippen molar-refractivity contribution in [2.45, 2.75) is 0 Å². The van der Waals surface area contributed by atoms with Crippen LogP contribution in [0.15, 0.2) is 53.9 Å². The van der Waals surface area contributed by atoms with E-state index in [0.717, 1.165) is 26.2 Å². The minimum Gasteiger partial charge on any atom is -0.472 e. The van der Waals surface area contributed by atoms with Gasteiger partial charge in [0.25, 0.3) is 0 Å². The van der Waals surface area contributed by atoms with Crippen LogP contribution in [0, 0.1) is 3.70 Å². The molecule has 0 spiro atoms. The van der Waals surface area contributed by atoms with Gasteiger partial charge < -0.3 is 4.42 Å². The number of furan rings is 1. The monoisotopic (exact) mass is 377 g/mol. The summed E-state index contributed by atoms with van der Waals surface area (Å²) >= 11 is 2.18. The Morgan fingerprint density at radius 2 is 2.05 bits per heavy atom. The molecule has 0 bridgehead atoms. The lowest BCUT2D eigenvalue weighted by molar-refractivity contribution is 0.568. The molecule has 0 aromatic carbocycles. The second-order valence-corrected chi connectivity index (χ2v) is 5.34. The topological polar surface area (TPSA) is 61.2 Å². The van der Waals surface area contributed by atoms with Crippen LogP contribution >= 0.6 is 22.6 Å². The van der Waals surface area contributed by atoms with E-state index in [0.29, 0.717) is 0 Å². The first kappa shape index (κ1) is 11.6. The summed E-state index contributed by atoms with van der Waals surface area (Å²) in [5.41, 5.74) is 3.61. The second-order valence-electron chi connectivity index (χ2n) is 4.23. The van der Waals surface area contributed by atoms with E-state index in [4.69, 9.17) is 4.42 Å². The van der Waals surface area contributed by atoms with E-state index < -0.39 is 0 Å². The number of nitrogens with zero attached hydrogens (tertiary/aromatic N) is 5. The Morgan fingerprint density at radius 1 is 1.10 bits per heavy atom. The molecule has 0 aliphatic rings. The fraction of sp³-hybridized carbons (Fsp3) is 0. The molecule has 0 unspecified atom stereocenters. The Balaban J connectivity index is 1.85. The van der Waals surface area contributed by atoms with Gasteiger partial charge in [0.15, 0.2) is 5.65 Å². The average molecular weight is 377 g/mol. The summed E-state index contributed by atoms with van der Waals surface area (Å²) < 4.78 is 9.51. The maximum Gasteiger partial charge on any atom is 0.182 e. The second kappa shape index (κ2) is 4.44. The highest BCUT2D eigenvalue weighted by atomic mass is 127. The van der Waals surface area contributed by atoms with Crippen molar-refractivity contribution in [3.8, 4) is 16.8 Å². The molecule has 0 atom stereocenters. The van der Waals surface area contributed by atoms with Gasteiger partial charge >= 0.3 is 0 Å². The molecule has 0 aliphatic heterocycles. The maximum absolute atomic E-state index is 5.09. The first-order valence-corrected chi connectivity index (χ1v) is 6.97. The molecule has 0 radical (unpaired) electrons. The fourth-order valence-corrected chi connectivity index (χ4v) is 2.42. The van der Waals surface area contributed by atoms with Crippen molar-refractivity contribution in [2.24, 2.45) is 0 Å². The van der Waals surface area contributed by atoms with Crippen LogP contribution in [0.25, 0.3) is 22.5 Å². The summed E-state index contributed by atoms with van der Waals surface area (Å²) in [4.78, 5) is 4.49. The number of hydrogen-bond donors (Lipinski definition) is 0. The van der Waals surface area contributed by atoms with Gasteiger partial charge in [0.05, 0.1) is 24.9 Å². The van der Waals surface area contributed by atoms with Crippen LogP contribution in [-0.2, 0) is 0 Å². The van der Waals surface area contributed by atoms with Gasteiger partial charge in [-0.15, -0.1) is 0 Å². The van der Waals surface area contributed by atoms with Crippen LogP contribution in [-0.4, -0.2) is 24.4 Å². The predicted molar refractivity (Wildman–Crippen MR) is 80.5 cm³/mol. The van der Waals surface area contributed by atoms with Crippen LogP contribution in [0.5, 0.6) is 0 Å². The number of aromatic nitrogens is 5. The molecule has 0 N–H and O–H groups in total. The molecule has 0 aliphatic carbocycles. The highest BCUT2D eigenvalue weighted by molar-refractivity contribution is 14.1. The van der Waals surface area contributed by atoms with Gasteiger partial charge in [-0.25, -0.2) is 14.2 Å². The smallest absolute Gasteiger partial charge is 0.182 e.